The van der Waals surface area contributed by atoms with E-state index in [-0.39, 0.29) is 35.8 Å². The molecule has 29 heavy (non-hydrogen) atoms. The van der Waals surface area contributed by atoms with Gasteiger partial charge in [0.2, 0.25) is 0 Å². The van der Waals surface area contributed by atoms with E-state index >= 15 is 0 Å². The van der Waals surface area contributed by atoms with Gasteiger partial charge in [-0.3, -0.25) is 9.89 Å². The molecule has 1 aromatic carbocycles. The number of morpholine rings is 1. The number of nitrogens with one attached hydrogen (secondary N) is 2. The van der Waals surface area contributed by atoms with Crippen molar-refractivity contribution in [3.63, 3.8) is 0 Å². The Kier molecular flexibility index (Phi) is 10.3. The highest BCUT2D eigenvalue weighted by Crippen LogP contribution is 2.22. The number of benzene rings is 1. The maximum atomic E-state index is 13.8. The number of aromatic nitrogens is 1. The maximum Gasteiger partial charge on any atom is 0.191 e. The average Bonchev–Trinajstić information content (AvgIpc) is 3.13. The minimum absolute atomic E-state index is 0. The molecule has 0 spiro atoms. The van der Waals surface area contributed by atoms with Gasteiger partial charge in [0.25, 0.3) is 0 Å². The molecule has 0 radical (unpaired) electrons. The van der Waals surface area contributed by atoms with Crippen molar-refractivity contribution >= 4 is 41.3 Å². The van der Waals surface area contributed by atoms with E-state index in [9.17, 15) is 4.39 Å². The van der Waals surface area contributed by atoms with Gasteiger partial charge in [-0.25, -0.2) is 9.37 Å². The summed E-state index contributed by atoms with van der Waals surface area (Å²) in [4.78, 5) is 11.1. The third kappa shape index (κ3) is 7.47. The smallest absolute Gasteiger partial charge is 0.191 e. The molecule has 1 atom stereocenters. The van der Waals surface area contributed by atoms with Crippen LogP contribution in [0.2, 0.25) is 0 Å². The van der Waals surface area contributed by atoms with Crippen LogP contribution in [-0.2, 0) is 11.2 Å². The van der Waals surface area contributed by atoms with Crippen LogP contribution in [0.25, 0.3) is 0 Å². The topological polar surface area (TPSA) is 61.8 Å². The molecule has 1 aliphatic heterocycles. The van der Waals surface area contributed by atoms with Crippen molar-refractivity contribution in [2.45, 2.75) is 19.4 Å². The molecular formula is C20H29FIN5OS. The molecule has 1 unspecified atom stereocenters. The van der Waals surface area contributed by atoms with Crippen molar-refractivity contribution in [2.75, 3.05) is 46.4 Å². The predicted molar refractivity (Wildman–Crippen MR) is 127 cm³/mol. The number of thiazole rings is 1. The maximum absolute atomic E-state index is 13.8. The summed E-state index contributed by atoms with van der Waals surface area (Å²) < 4.78 is 19.3. The SMILES string of the molecule is CN=C(NCCc1csc(C)n1)NCC(c1cccc(F)c1)N1CCOCC1.I. The van der Waals surface area contributed by atoms with Crippen LogP contribution in [-0.4, -0.2) is 62.3 Å². The van der Waals surface area contributed by atoms with Crippen LogP contribution in [0.15, 0.2) is 34.6 Å². The fourth-order valence-electron chi connectivity index (χ4n) is 3.31. The second kappa shape index (κ2) is 12.4. The standard InChI is InChI=1S/C20H28FN5OS.HI/c1-15-25-18(14-28-15)6-7-23-20(22-2)24-13-19(26-8-10-27-11-9-26)16-4-3-5-17(21)12-16;/h3-5,12,14,19H,6-11,13H2,1-2H3,(H2,22,23,24);1H. The molecule has 2 heterocycles. The lowest BCUT2D eigenvalue weighted by Crippen LogP contribution is -2.46. The zero-order valence-electron chi connectivity index (χ0n) is 16.9. The van der Waals surface area contributed by atoms with Crippen molar-refractivity contribution in [3.8, 4) is 0 Å². The minimum atomic E-state index is -0.211. The number of nitrogens with zero attached hydrogens (tertiary/aromatic N) is 3. The van der Waals surface area contributed by atoms with E-state index in [0.717, 1.165) is 48.3 Å². The van der Waals surface area contributed by atoms with Crippen LogP contribution in [0, 0.1) is 12.7 Å². The van der Waals surface area contributed by atoms with E-state index in [2.05, 4.69) is 30.9 Å². The Labute approximate surface area is 193 Å². The van der Waals surface area contributed by atoms with Crippen molar-refractivity contribution in [3.05, 3.63) is 51.7 Å². The summed E-state index contributed by atoms with van der Waals surface area (Å²) in [6.07, 6.45) is 0.849. The molecule has 0 bridgehead atoms. The van der Waals surface area contributed by atoms with Gasteiger partial charge in [0.05, 0.1) is 30.0 Å². The molecule has 0 saturated carbocycles. The Morgan fingerprint density at radius 3 is 2.79 bits per heavy atom. The summed E-state index contributed by atoms with van der Waals surface area (Å²) in [6, 6.07) is 6.89. The highest BCUT2D eigenvalue weighted by molar-refractivity contribution is 14.0. The Morgan fingerprint density at radius 1 is 1.34 bits per heavy atom. The Balaban J connectivity index is 0.00000300. The lowest BCUT2D eigenvalue weighted by molar-refractivity contribution is 0.0169. The van der Waals surface area contributed by atoms with E-state index in [0.29, 0.717) is 19.8 Å². The summed E-state index contributed by atoms with van der Waals surface area (Å²) in [5.74, 6) is 0.526. The zero-order valence-corrected chi connectivity index (χ0v) is 20.0. The van der Waals surface area contributed by atoms with Gasteiger partial charge in [0, 0.05) is 45.0 Å². The first-order valence-corrected chi connectivity index (χ1v) is 10.5. The van der Waals surface area contributed by atoms with Crippen LogP contribution in [0.4, 0.5) is 4.39 Å². The van der Waals surface area contributed by atoms with E-state index in [1.54, 1.807) is 30.5 Å². The number of hydrogen-bond acceptors (Lipinski definition) is 5. The van der Waals surface area contributed by atoms with E-state index in [4.69, 9.17) is 4.74 Å². The van der Waals surface area contributed by atoms with Crippen molar-refractivity contribution in [1.29, 1.82) is 0 Å². The molecule has 1 saturated heterocycles. The fourth-order valence-corrected chi connectivity index (χ4v) is 3.95. The third-order valence-electron chi connectivity index (χ3n) is 4.75. The van der Waals surface area contributed by atoms with E-state index in [1.807, 2.05) is 13.0 Å². The summed E-state index contributed by atoms with van der Waals surface area (Å²) in [7, 11) is 1.76. The van der Waals surface area contributed by atoms with Crippen LogP contribution in [0.3, 0.4) is 0 Å². The summed E-state index contributed by atoms with van der Waals surface area (Å²) in [6.45, 7) is 6.47. The predicted octanol–water partition coefficient (Wildman–Crippen LogP) is 2.99. The molecule has 3 rings (SSSR count). The number of hydrogen-bond donors (Lipinski definition) is 2. The minimum Gasteiger partial charge on any atom is -0.379 e. The molecule has 160 valence electrons. The van der Waals surface area contributed by atoms with Gasteiger partial charge in [-0.1, -0.05) is 12.1 Å². The number of ether oxygens (including phenoxy) is 1. The first-order chi connectivity index (χ1) is 13.7. The van der Waals surface area contributed by atoms with Crippen molar-refractivity contribution < 1.29 is 9.13 Å². The Hall–Kier alpha value is -1.30. The van der Waals surface area contributed by atoms with E-state index < -0.39 is 0 Å². The van der Waals surface area contributed by atoms with Crippen molar-refractivity contribution in [2.24, 2.45) is 4.99 Å². The molecular weight excluding hydrogens is 504 g/mol. The summed E-state index contributed by atoms with van der Waals surface area (Å²) in [5.41, 5.74) is 2.05. The van der Waals surface area contributed by atoms with Crippen LogP contribution < -0.4 is 10.6 Å². The lowest BCUT2D eigenvalue weighted by Gasteiger charge is -2.35. The quantitative estimate of drug-likeness (QED) is 0.326. The second-order valence-corrected chi connectivity index (χ2v) is 7.77. The van der Waals surface area contributed by atoms with Gasteiger partial charge in [0.1, 0.15) is 5.82 Å². The number of aryl methyl sites for hydroxylation is 1. The number of halogens is 2. The summed E-state index contributed by atoms with van der Waals surface area (Å²) in [5, 5.41) is 9.90. The Morgan fingerprint density at radius 2 is 2.14 bits per heavy atom. The fraction of sp³-hybridized carbons (Fsp3) is 0.500. The average molecular weight is 533 g/mol. The zero-order chi connectivity index (χ0) is 19.8. The van der Waals surface area contributed by atoms with Gasteiger partial charge in [-0.15, -0.1) is 35.3 Å². The first-order valence-electron chi connectivity index (χ1n) is 9.58. The van der Waals surface area contributed by atoms with Gasteiger partial charge in [0.15, 0.2) is 5.96 Å². The second-order valence-electron chi connectivity index (χ2n) is 6.71. The van der Waals surface area contributed by atoms with Gasteiger partial charge < -0.3 is 15.4 Å². The monoisotopic (exact) mass is 533 g/mol. The van der Waals surface area contributed by atoms with Crippen molar-refractivity contribution in [1.82, 2.24) is 20.5 Å². The number of rotatable bonds is 7. The molecule has 0 amide bonds. The molecule has 1 aromatic heterocycles. The normalized spacial score (nSPS) is 16.2. The lowest BCUT2D eigenvalue weighted by atomic mass is 10.0. The molecule has 1 fully saturated rings. The highest BCUT2D eigenvalue weighted by atomic mass is 127. The molecule has 2 aromatic rings. The van der Waals surface area contributed by atoms with Crippen LogP contribution >= 0.6 is 35.3 Å². The van der Waals surface area contributed by atoms with Gasteiger partial charge >= 0.3 is 0 Å². The van der Waals surface area contributed by atoms with Gasteiger partial charge in [-0.2, -0.15) is 0 Å². The Bertz CT molecular complexity index is 782. The van der Waals surface area contributed by atoms with Crippen LogP contribution in [0.1, 0.15) is 22.3 Å². The first kappa shape index (κ1) is 24.0. The van der Waals surface area contributed by atoms with Crippen LogP contribution in [0.5, 0.6) is 0 Å². The third-order valence-corrected chi connectivity index (χ3v) is 5.57. The molecule has 2 N–H and O–H groups in total. The van der Waals surface area contributed by atoms with E-state index in [1.165, 1.54) is 6.07 Å². The summed E-state index contributed by atoms with van der Waals surface area (Å²) >= 11 is 1.67. The molecule has 1 aliphatic rings. The van der Waals surface area contributed by atoms with Gasteiger partial charge in [-0.05, 0) is 24.6 Å². The highest BCUT2D eigenvalue weighted by Gasteiger charge is 2.23. The largest absolute Gasteiger partial charge is 0.379 e. The molecule has 6 nitrogen and oxygen atoms in total. The molecule has 9 heteroatoms. The molecule has 0 aliphatic carbocycles. The number of aliphatic imine (C=N–C) groups is 1. The number of guanidine groups is 1.